The van der Waals surface area contributed by atoms with Crippen LogP contribution in [0.5, 0.6) is 5.75 Å². The molecular weight excluding hydrogens is 456 g/mol. The monoisotopic (exact) mass is 490 g/mol. The van der Waals surface area contributed by atoms with Gasteiger partial charge in [0.2, 0.25) is 0 Å². The topological polar surface area (TPSA) is 104 Å². The second kappa shape index (κ2) is 13.3. The van der Waals surface area contributed by atoms with Crippen molar-refractivity contribution in [2.45, 2.75) is 33.6 Å². The number of methoxy groups -OCH3 is 1. The van der Waals surface area contributed by atoms with Crippen LogP contribution in [0.4, 0.5) is 17.3 Å². The fourth-order valence-corrected chi connectivity index (χ4v) is 3.68. The van der Waals surface area contributed by atoms with Crippen LogP contribution in [0.3, 0.4) is 0 Å². The van der Waals surface area contributed by atoms with E-state index in [1.54, 1.807) is 31.1 Å². The van der Waals surface area contributed by atoms with Crippen molar-refractivity contribution in [3.63, 3.8) is 0 Å². The molecule has 190 valence electrons. The third-order valence-corrected chi connectivity index (χ3v) is 5.75. The minimum Gasteiger partial charge on any atom is -0.508 e. The van der Waals surface area contributed by atoms with Gasteiger partial charge in [-0.3, -0.25) is 4.79 Å². The SMILES string of the molecule is CC#CC(=O)N1CCN(c2ccc3ncnc(Nc4ccc(O)c(C)c4)c3n2)CC1.CCCCOC. The standard InChI is InChI=1S/C22H22N6O2.C5H12O/c1-3-4-20(30)28-11-9-27(10-12-28)19-8-6-17-21(26-19)22(24-14-23-17)25-16-5-7-18(29)15(2)13-16;1-3-4-5-6-2/h5-8,13-14,29H,9-12H2,1-2H3,(H,23,24,25);3-5H2,1-2H3. The molecule has 0 aliphatic carbocycles. The van der Waals surface area contributed by atoms with Crippen molar-refractivity contribution in [2.75, 3.05) is 50.1 Å². The van der Waals surface area contributed by atoms with Crippen LogP contribution >= 0.6 is 0 Å². The molecule has 0 unspecified atom stereocenters. The third-order valence-electron chi connectivity index (χ3n) is 5.75. The summed E-state index contributed by atoms with van der Waals surface area (Å²) in [5.74, 6) is 6.78. The number of amides is 1. The van der Waals surface area contributed by atoms with E-state index in [9.17, 15) is 9.90 Å². The molecule has 1 fully saturated rings. The summed E-state index contributed by atoms with van der Waals surface area (Å²) in [5.41, 5.74) is 2.98. The van der Waals surface area contributed by atoms with Crippen molar-refractivity contribution in [3.8, 4) is 17.6 Å². The molecule has 0 atom stereocenters. The average Bonchev–Trinajstić information content (AvgIpc) is 2.90. The van der Waals surface area contributed by atoms with Crippen LogP contribution in [-0.4, -0.2) is 70.8 Å². The van der Waals surface area contributed by atoms with Gasteiger partial charge in [0, 0.05) is 45.6 Å². The number of phenols is 1. The number of aryl methyl sites for hydroxylation is 1. The third kappa shape index (κ3) is 7.06. The molecule has 3 aromatic rings. The molecule has 4 rings (SSSR count). The van der Waals surface area contributed by atoms with Gasteiger partial charge < -0.3 is 25.0 Å². The number of anilines is 3. The van der Waals surface area contributed by atoms with Crippen LogP contribution < -0.4 is 10.2 Å². The number of fused-ring (bicyclic) bond motifs is 1. The highest BCUT2D eigenvalue weighted by Gasteiger charge is 2.21. The highest BCUT2D eigenvalue weighted by Crippen LogP contribution is 2.27. The second-order valence-electron chi connectivity index (χ2n) is 8.39. The first kappa shape index (κ1) is 26.7. The van der Waals surface area contributed by atoms with E-state index in [-0.39, 0.29) is 11.7 Å². The van der Waals surface area contributed by atoms with Crippen molar-refractivity contribution >= 4 is 34.3 Å². The number of nitrogens with one attached hydrogen (secondary N) is 1. The van der Waals surface area contributed by atoms with Crippen molar-refractivity contribution in [1.82, 2.24) is 19.9 Å². The Labute approximate surface area is 212 Å². The molecule has 9 nitrogen and oxygen atoms in total. The summed E-state index contributed by atoms with van der Waals surface area (Å²) in [4.78, 5) is 29.3. The number of phenolic OH excluding ortho intramolecular Hbond substituents is 1. The van der Waals surface area contributed by atoms with Crippen LogP contribution in [-0.2, 0) is 9.53 Å². The van der Waals surface area contributed by atoms with E-state index < -0.39 is 0 Å². The van der Waals surface area contributed by atoms with Crippen LogP contribution in [0, 0.1) is 18.8 Å². The Kier molecular flexibility index (Phi) is 9.83. The van der Waals surface area contributed by atoms with Crippen LogP contribution in [0.25, 0.3) is 11.0 Å². The van der Waals surface area contributed by atoms with Crippen molar-refractivity contribution in [1.29, 1.82) is 0 Å². The molecule has 2 aromatic heterocycles. The number of aromatic hydroxyl groups is 1. The number of carbonyl (C=O) groups is 1. The Morgan fingerprint density at radius 2 is 1.94 bits per heavy atom. The number of benzene rings is 1. The van der Waals surface area contributed by atoms with Gasteiger partial charge in [0.05, 0.1) is 5.52 Å². The van der Waals surface area contributed by atoms with E-state index >= 15 is 0 Å². The first-order chi connectivity index (χ1) is 17.5. The molecule has 0 spiro atoms. The van der Waals surface area contributed by atoms with Gasteiger partial charge in [-0.1, -0.05) is 19.3 Å². The number of carbonyl (C=O) groups excluding carboxylic acids is 1. The molecule has 0 radical (unpaired) electrons. The first-order valence-corrected chi connectivity index (χ1v) is 12.1. The van der Waals surface area contributed by atoms with E-state index in [2.05, 4.69) is 38.9 Å². The Bertz CT molecular complexity index is 1230. The van der Waals surface area contributed by atoms with Crippen LogP contribution in [0.15, 0.2) is 36.7 Å². The zero-order chi connectivity index (χ0) is 25.9. The maximum atomic E-state index is 12.0. The minimum absolute atomic E-state index is 0.132. The molecule has 2 N–H and O–H groups in total. The molecule has 1 amide bonds. The summed E-state index contributed by atoms with van der Waals surface area (Å²) < 4.78 is 4.78. The zero-order valence-corrected chi connectivity index (χ0v) is 21.4. The highest BCUT2D eigenvalue weighted by molar-refractivity contribution is 5.93. The summed E-state index contributed by atoms with van der Waals surface area (Å²) >= 11 is 0. The lowest BCUT2D eigenvalue weighted by molar-refractivity contribution is -0.125. The number of aromatic nitrogens is 3. The average molecular weight is 491 g/mol. The van der Waals surface area contributed by atoms with Gasteiger partial charge >= 0.3 is 0 Å². The summed E-state index contributed by atoms with van der Waals surface area (Å²) in [6, 6.07) is 9.14. The Morgan fingerprint density at radius 3 is 2.58 bits per heavy atom. The molecule has 9 heteroatoms. The van der Waals surface area contributed by atoms with E-state index in [4.69, 9.17) is 9.72 Å². The lowest BCUT2D eigenvalue weighted by Crippen LogP contribution is -2.48. The van der Waals surface area contributed by atoms with Gasteiger partial charge in [0.1, 0.15) is 23.4 Å². The van der Waals surface area contributed by atoms with Crippen molar-refractivity contribution in [3.05, 3.63) is 42.2 Å². The number of rotatable bonds is 6. The van der Waals surface area contributed by atoms with Gasteiger partial charge in [-0.2, -0.15) is 0 Å². The largest absolute Gasteiger partial charge is 0.508 e. The number of hydrogen-bond acceptors (Lipinski definition) is 8. The number of hydrogen-bond donors (Lipinski definition) is 2. The fraction of sp³-hybridized carbons (Fsp3) is 0.407. The van der Waals surface area contributed by atoms with Crippen molar-refractivity contribution in [2.24, 2.45) is 0 Å². The molecule has 3 heterocycles. The van der Waals surface area contributed by atoms with E-state index in [1.165, 1.54) is 19.2 Å². The molecule has 36 heavy (non-hydrogen) atoms. The van der Waals surface area contributed by atoms with Crippen molar-refractivity contribution < 1.29 is 14.6 Å². The quantitative estimate of drug-likeness (QED) is 0.305. The number of nitrogens with zero attached hydrogens (tertiary/aromatic N) is 5. The molecule has 1 saturated heterocycles. The molecule has 0 saturated carbocycles. The fourth-order valence-electron chi connectivity index (χ4n) is 3.68. The smallest absolute Gasteiger partial charge is 0.298 e. The number of pyridine rings is 1. The van der Waals surface area contributed by atoms with E-state index in [1.807, 2.05) is 25.1 Å². The first-order valence-electron chi connectivity index (χ1n) is 12.1. The molecule has 0 bridgehead atoms. The van der Waals surface area contributed by atoms with Crippen LogP contribution in [0.1, 0.15) is 32.3 Å². The maximum Gasteiger partial charge on any atom is 0.298 e. The predicted molar refractivity (Wildman–Crippen MR) is 142 cm³/mol. The predicted octanol–water partition coefficient (Wildman–Crippen LogP) is 3.89. The summed E-state index contributed by atoms with van der Waals surface area (Å²) in [5, 5.41) is 13.0. The number of unbranched alkanes of at least 4 members (excludes halogenated alkanes) is 1. The van der Waals surface area contributed by atoms with Crippen LogP contribution in [0.2, 0.25) is 0 Å². The summed E-state index contributed by atoms with van der Waals surface area (Å²) in [6.45, 7) is 9.15. The molecule has 1 aliphatic heterocycles. The number of piperazine rings is 1. The number of ether oxygens (including phenoxy) is 1. The Balaban J connectivity index is 0.000000538. The highest BCUT2D eigenvalue weighted by atomic mass is 16.5. The lowest BCUT2D eigenvalue weighted by Gasteiger charge is -2.34. The molecule has 1 aliphatic rings. The normalized spacial score (nSPS) is 12.9. The van der Waals surface area contributed by atoms with Gasteiger partial charge in [-0.05, 0) is 62.1 Å². The Morgan fingerprint density at radius 1 is 1.17 bits per heavy atom. The lowest BCUT2D eigenvalue weighted by atomic mass is 10.2. The second-order valence-corrected chi connectivity index (χ2v) is 8.39. The van der Waals surface area contributed by atoms with E-state index in [0.717, 1.165) is 29.2 Å². The zero-order valence-electron chi connectivity index (χ0n) is 21.4. The van der Waals surface area contributed by atoms with Gasteiger partial charge in [0.25, 0.3) is 5.91 Å². The molecule has 1 aromatic carbocycles. The maximum absolute atomic E-state index is 12.0. The van der Waals surface area contributed by atoms with Gasteiger partial charge in [0.15, 0.2) is 5.82 Å². The van der Waals surface area contributed by atoms with E-state index in [0.29, 0.717) is 37.5 Å². The summed E-state index contributed by atoms with van der Waals surface area (Å²) in [6.07, 6.45) is 3.92. The van der Waals surface area contributed by atoms with Gasteiger partial charge in [-0.15, -0.1) is 0 Å². The van der Waals surface area contributed by atoms with Gasteiger partial charge in [-0.25, -0.2) is 15.0 Å². The molecular formula is C27H34N6O3. The summed E-state index contributed by atoms with van der Waals surface area (Å²) in [7, 11) is 1.73. The minimum atomic E-state index is -0.132. The Hall–Kier alpha value is -3.90.